The van der Waals surface area contributed by atoms with E-state index < -0.39 is 9.84 Å². The summed E-state index contributed by atoms with van der Waals surface area (Å²) >= 11 is 0. The highest BCUT2D eigenvalue weighted by Gasteiger charge is 2.54. The van der Waals surface area contributed by atoms with Gasteiger partial charge in [0, 0.05) is 82.3 Å². The third kappa shape index (κ3) is 6.16. The van der Waals surface area contributed by atoms with Crippen molar-refractivity contribution in [1.82, 2.24) is 25.0 Å². The van der Waals surface area contributed by atoms with Gasteiger partial charge in [-0.3, -0.25) is 4.90 Å². The number of likely N-dealkylation sites (tertiary alicyclic amines) is 1. The highest BCUT2D eigenvalue weighted by molar-refractivity contribution is 7.91. The minimum atomic E-state index is -3.50. The zero-order valence-electron chi connectivity index (χ0n) is 28.8. The zero-order valence-corrected chi connectivity index (χ0v) is 29.6. The van der Waals surface area contributed by atoms with Crippen molar-refractivity contribution in [1.29, 1.82) is 0 Å². The molecule has 2 saturated heterocycles. The molecule has 1 unspecified atom stereocenters. The number of sulfone groups is 1. The minimum absolute atomic E-state index is 0.0343. The molecule has 3 aliphatic heterocycles. The number of nitrogens with zero attached hydrogens (tertiary/aromatic N) is 4. The monoisotopic (exact) mass is 672 g/mol. The first-order valence-corrected chi connectivity index (χ1v) is 19.4. The number of likely N-dealkylation sites (N-methyl/N-ethyl adjacent to an activating group) is 1. The van der Waals surface area contributed by atoms with Gasteiger partial charge in [-0.2, -0.15) is 0 Å². The van der Waals surface area contributed by atoms with Crippen LogP contribution in [0.1, 0.15) is 50.2 Å². The second-order valence-electron chi connectivity index (χ2n) is 14.7. The average molecular weight is 673 g/mol. The van der Waals surface area contributed by atoms with Crippen LogP contribution in [0.2, 0.25) is 0 Å². The second-order valence-corrected chi connectivity index (χ2v) is 16.7. The molecule has 10 heteroatoms. The lowest BCUT2D eigenvalue weighted by molar-refractivity contribution is 0.0288. The lowest BCUT2D eigenvalue weighted by Gasteiger charge is -2.55. The van der Waals surface area contributed by atoms with E-state index in [-0.39, 0.29) is 17.5 Å². The second kappa shape index (κ2) is 13.5. The number of piperidine rings is 1. The third-order valence-electron chi connectivity index (χ3n) is 12.0. The van der Waals surface area contributed by atoms with E-state index in [0.29, 0.717) is 27.5 Å². The lowest BCUT2D eigenvalue weighted by atomic mass is 9.56. The van der Waals surface area contributed by atoms with E-state index in [1.165, 1.54) is 18.4 Å². The van der Waals surface area contributed by atoms with E-state index in [4.69, 9.17) is 0 Å². The van der Waals surface area contributed by atoms with E-state index in [1.54, 1.807) is 47.8 Å². The topological polar surface area (TPSA) is 89.9 Å². The van der Waals surface area contributed by atoms with Crippen molar-refractivity contribution in [3.8, 4) is 0 Å². The molecule has 3 aromatic rings. The van der Waals surface area contributed by atoms with Gasteiger partial charge in [0.05, 0.1) is 9.79 Å². The number of aromatic nitrogens is 1. The molecule has 2 aromatic carbocycles. The number of hydrogen-bond donors (Lipinski definition) is 2. The maximum Gasteiger partial charge on any atom is 0.314 e. The smallest absolute Gasteiger partial charge is 0.314 e. The number of carbonyl (C=O) groups is 1. The summed E-state index contributed by atoms with van der Waals surface area (Å²) < 4.78 is 27.8. The highest BCUT2D eigenvalue weighted by atomic mass is 32.2. The third-order valence-corrected chi connectivity index (χ3v) is 13.7. The predicted octanol–water partition coefficient (Wildman–Crippen LogP) is 4.88. The summed E-state index contributed by atoms with van der Waals surface area (Å²) in [6, 6.07) is 18.4. The summed E-state index contributed by atoms with van der Waals surface area (Å²) in [7, 11) is 0.0456. The van der Waals surface area contributed by atoms with Crippen molar-refractivity contribution in [2.24, 2.45) is 24.8 Å². The van der Waals surface area contributed by atoms with Gasteiger partial charge in [0.25, 0.3) is 0 Å². The van der Waals surface area contributed by atoms with Crippen LogP contribution in [0.25, 0.3) is 0 Å². The predicted molar refractivity (Wildman–Crippen MR) is 190 cm³/mol. The Morgan fingerprint density at radius 2 is 1.69 bits per heavy atom. The van der Waals surface area contributed by atoms with E-state index >= 15 is 0 Å². The van der Waals surface area contributed by atoms with E-state index in [0.717, 1.165) is 77.3 Å². The van der Waals surface area contributed by atoms with Crippen molar-refractivity contribution < 1.29 is 13.2 Å². The quantitative estimate of drug-likeness (QED) is 0.337. The van der Waals surface area contributed by atoms with Gasteiger partial charge in [-0.1, -0.05) is 37.6 Å². The molecule has 9 nitrogen and oxygen atoms in total. The molecule has 4 aliphatic rings. The van der Waals surface area contributed by atoms with Crippen LogP contribution in [-0.2, 0) is 28.8 Å². The molecule has 3 atom stereocenters. The number of nitrogens with one attached hydrogen (secondary N) is 2. The summed E-state index contributed by atoms with van der Waals surface area (Å²) in [5.74, 6) is 1.62. The number of aryl methyl sites for hydroxylation is 1. The van der Waals surface area contributed by atoms with Crippen LogP contribution in [0.4, 0.5) is 10.5 Å². The molecular weight excluding hydrogens is 621 g/mol. The largest absolute Gasteiger partial charge is 0.371 e. The van der Waals surface area contributed by atoms with Crippen molar-refractivity contribution in [2.75, 3.05) is 57.8 Å². The van der Waals surface area contributed by atoms with Crippen LogP contribution in [0.3, 0.4) is 0 Å². The molecule has 0 bridgehead atoms. The van der Waals surface area contributed by atoms with Gasteiger partial charge in [-0.15, -0.1) is 0 Å². The Kier molecular flexibility index (Phi) is 9.34. The zero-order chi connectivity index (χ0) is 33.5. The van der Waals surface area contributed by atoms with Crippen LogP contribution < -0.4 is 15.5 Å². The normalized spacial score (nSPS) is 25.9. The fourth-order valence-electron chi connectivity index (χ4n) is 9.55. The van der Waals surface area contributed by atoms with Crippen molar-refractivity contribution in [3.63, 3.8) is 0 Å². The molecular formula is C38H52N6O3S. The maximum atomic E-state index is 13.0. The summed E-state index contributed by atoms with van der Waals surface area (Å²) in [6.07, 6.45) is 9.16. The first-order valence-electron chi connectivity index (χ1n) is 17.9. The van der Waals surface area contributed by atoms with Crippen LogP contribution in [0.5, 0.6) is 0 Å². The average Bonchev–Trinajstić information content (AvgIpc) is 3.75. The van der Waals surface area contributed by atoms with E-state index in [1.807, 2.05) is 19.2 Å². The molecule has 4 heterocycles. The maximum absolute atomic E-state index is 13.0. The molecule has 258 valence electrons. The number of rotatable bonds is 9. The van der Waals surface area contributed by atoms with Gasteiger partial charge >= 0.3 is 6.03 Å². The number of amides is 2. The van der Waals surface area contributed by atoms with Crippen LogP contribution in [0.15, 0.2) is 76.8 Å². The highest BCUT2D eigenvalue weighted by Crippen LogP contribution is 2.53. The summed E-state index contributed by atoms with van der Waals surface area (Å²) in [4.78, 5) is 20.9. The first-order chi connectivity index (χ1) is 23.2. The van der Waals surface area contributed by atoms with Gasteiger partial charge < -0.3 is 25.0 Å². The van der Waals surface area contributed by atoms with Crippen molar-refractivity contribution in [2.45, 2.75) is 66.8 Å². The standard InChI is InChI=1S/C38H52N6O3S/c1-4-42-25-29-8-5-6-9-34(29)38(27-42,35-10-7-11-36(35)40-37(45)39-2)30-16-20-43(21-17-30)22-28-23-44(24-28)31-12-14-32(15-13-31)48(46,47)33-18-19-41(3)26-33/h5-6,8-9,12-15,18-19,26,28,30,35-36H,4,7,10-11,16-17,20-25,27H2,1-3H3,(H2,39,40,45)/t35-,36-,38?/m0/s1. The van der Waals surface area contributed by atoms with Crippen LogP contribution in [0, 0.1) is 17.8 Å². The number of fused-ring (bicyclic) bond motifs is 1. The molecule has 1 aromatic heterocycles. The molecule has 1 aliphatic carbocycles. The Balaban J connectivity index is 1.01. The Hall–Kier alpha value is -3.34. The molecule has 48 heavy (non-hydrogen) atoms. The Morgan fingerprint density at radius 1 is 0.938 bits per heavy atom. The minimum Gasteiger partial charge on any atom is -0.371 e. The molecule has 3 fully saturated rings. The Morgan fingerprint density at radius 3 is 2.38 bits per heavy atom. The molecule has 7 rings (SSSR count). The van der Waals surface area contributed by atoms with Gasteiger partial charge in [0.2, 0.25) is 9.84 Å². The van der Waals surface area contributed by atoms with Gasteiger partial charge in [0.15, 0.2) is 0 Å². The number of urea groups is 1. The van der Waals surface area contributed by atoms with Gasteiger partial charge in [0.1, 0.15) is 0 Å². The lowest BCUT2D eigenvalue weighted by Crippen LogP contribution is -2.60. The van der Waals surface area contributed by atoms with Gasteiger partial charge in [-0.05, 0) is 98.6 Å². The fourth-order valence-corrected chi connectivity index (χ4v) is 10.9. The first kappa shape index (κ1) is 33.2. The fraction of sp³-hybridized carbons (Fsp3) is 0.553. The van der Waals surface area contributed by atoms with E-state index in [2.05, 4.69) is 56.5 Å². The molecule has 0 radical (unpaired) electrons. The number of benzene rings is 2. The number of hydrogen-bond acceptors (Lipinski definition) is 6. The van der Waals surface area contributed by atoms with Gasteiger partial charge in [-0.25, -0.2) is 13.2 Å². The summed E-state index contributed by atoms with van der Waals surface area (Å²) in [5, 5.41) is 6.19. The Labute approximate surface area is 286 Å². The summed E-state index contributed by atoms with van der Waals surface area (Å²) in [5.41, 5.74) is 4.14. The molecule has 0 spiro atoms. The summed E-state index contributed by atoms with van der Waals surface area (Å²) in [6.45, 7) is 10.8. The number of carbonyl (C=O) groups excluding carboxylic acids is 1. The molecule has 2 N–H and O–H groups in total. The SMILES string of the molecule is CCN1Cc2ccccc2C(C2CCN(CC3CN(c4ccc(S(=O)(=O)c5ccn(C)c5)cc4)C3)CC2)([C@H]2CCC[C@@H]2NC(=O)NC)C1. The Bertz CT molecular complexity index is 1690. The molecule has 1 saturated carbocycles. The van der Waals surface area contributed by atoms with E-state index in [9.17, 15) is 13.2 Å². The molecule has 2 amide bonds. The van der Waals surface area contributed by atoms with Crippen molar-refractivity contribution >= 4 is 21.6 Å². The number of anilines is 1. The van der Waals surface area contributed by atoms with Crippen molar-refractivity contribution in [3.05, 3.63) is 78.1 Å². The van der Waals surface area contributed by atoms with Crippen LogP contribution >= 0.6 is 0 Å². The van der Waals surface area contributed by atoms with Crippen LogP contribution in [-0.4, -0.2) is 87.7 Å².